The van der Waals surface area contributed by atoms with E-state index in [1.54, 1.807) is 18.2 Å². The van der Waals surface area contributed by atoms with Crippen molar-refractivity contribution in [1.29, 1.82) is 15.9 Å². The highest BCUT2D eigenvalue weighted by atomic mass is 35.5. The number of nitriles is 2. The number of carbonyl (C=O) groups is 3. The monoisotopic (exact) mass is 683 g/mol. The third kappa shape index (κ3) is 19.2. The van der Waals surface area contributed by atoms with Crippen LogP contribution in [0.2, 0.25) is 5.02 Å². The molecule has 3 aromatic rings. The zero-order chi connectivity index (χ0) is 37.1. The van der Waals surface area contributed by atoms with E-state index in [4.69, 9.17) is 57.1 Å². The van der Waals surface area contributed by atoms with Gasteiger partial charge < -0.3 is 34.9 Å². The quantitative estimate of drug-likeness (QED) is 0.144. The molecule has 0 saturated carbocycles. The van der Waals surface area contributed by atoms with E-state index in [2.05, 4.69) is 0 Å². The Balaban J connectivity index is 0. The lowest BCUT2D eigenvalue weighted by molar-refractivity contribution is -0.143. The highest BCUT2D eigenvalue weighted by Gasteiger charge is 2.07. The maximum atomic E-state index is 10.3. The number of benzene rings is 3. The Bertz CT molecular complexity index is 1470. The fourth-order valence-corrected chi connectivity index (χ4v) is 3.40. The Morgan fingerprint density at radius 2 is 1.29 bits per heavy atom. The van der Waals surface area contributed by atoms with Gasteiger partial charge in [0, 0.05) is 11.2 Å². The summed E-state index contributed by atoms with van der Waals surface area (Å²) < 4.78 is 14.8. The number of carboxylic acid groups (broad SMARTS) is 3. The van der Waals surface area contributed by atoms with Crippen LogP contribution in [0.5, 0.6) is 11.5 Å². The van der Waals surface area contributed by atoms with Gasteiger partial charge in [-0.1, -0.05) is 64.4 Å². The molecule has 0 aliphatic rings. The first-order valence-electron chi connectivity index (χ1n) is 14.7. The molecule has 258 valence electrons. The number of carboxylic acids is 3. The maximum Gasteiger partial charge on any atom is 0.341 e. The predicted molar refractivity (Wildman–Crippen MR) is 182 cm³/mol. The minimum atomic E-state index is -1.09. The van der Waals surface area contributed by atoms with Crippen molar-refractivity contribution in [3.63, 3.8) is 0 Å². The molecule has 3 aromatic carbocycles. The maximum absolute atomic E-state index is 10.3. The van der Waals surface area contributed by atoms with Gasteiger partial charge in [0.05, 0.1) is 17.7 Å². The summed E-state index contributed by atoms with van der Waals surface area (Å²) in [6.45, 7) is 10.9. The molecule has 4 N–H and O–H groups in total. The van der Waals surface area contributed by atoms with Crippen LogP contribution in [0.15, 0.2) is 54.6 Å². The molecule has 0 amide bonds. The molecule has 0 heterocycles. The molecule has 0 spiro atoms. The van der Waals surface area contributed by atoms with Crippen LogP contribution in [0.25, 0.3) is 0 Å². The van der Waals surface area contributed by atoms with Crippen LogP contribution in [0.3, 0.4) is 0 Å². The molecule has 0 radical (unpaired) electrons. The number of halogens is 1. The molecule has 0 bridgehead atoms. The third-order valence-electron chi connectivity index (χ3n) is 5.28. The van der Waals surface area contributed by atoms with Crippen molar-refractivity contribution in [3.8, 4) is 23.6 Å². The molecular formula is C35H42ClN3O9. The highest BCUT2D eigenvalue weighted by Crippen LogP contribution is 2.22. The number of hydrogen-bond donors (Lipinski definition) is 4. The van der Waals surface area contributed by atoms with Gasteiger partial charge in [-0.3, -0.25) is 0 Å². The minimum absolute atomic E-state index is 0.221. The number of rotatable bonds is 12. The standard InChI is InChI=1S/C12H15NO3.C10H9NO3.C9H6ClNO3.2C2H6/c1-2-9-3-4-10(11(5-9)6-13)7-16-8-12(14)15;1-7-2-3-9(8(4-7)5-11)14-6-10(12)13;10-7-1-2-8(6(3-7)4-11)14-5-9(12)13;2*1-2/h3-6,13H,2,7-8H2,1H3,(H,14,15);2-4H,6H2,1H3,(H,12,13);1-3H,5H2,(H,12,13);2*1-2H3. The molecule has 0 aromatic heterocycles. The van der Waals surface area contributed by atoms with Gasteiger partial charge in [-0.25, -0.2) is 14.4 Å². The number of ether oxygens (including phenoxy) is 3. The smallest absolute Gasteiger partial charge is 0.341 e. The highest BCUT2D eigenvalue weighted by molar-refractivity contribution is 6.30. The Morgan fingerprint density at radius 1 is 0.792 bits per heavy atom. The number of aryl methyl sites for hydroxylation is 2. The number of hydrogen-bond acceptors (Lipinski definition) is 9. The molecular weight excluding hydrogens is 642 g/mol. The normalized spacial score (nSPS) is 8.94. The Morgan fingerprint density at radius 3 is 1.75 bits per heavy atom. The van der Waals surface area contributed by atoms with Crippen LogP contribution in [0, 0.1) is 35.0 Å². The summed E-state index contributed by atoms with van der Waals surface area (Å²) in [5, 5.41) is 50.3. The lowest BCUT2D eigenvalue weighted by atomic mass is 10.0. The van der Waals surface area contributed by atoms with Crippen LogP contribution >= 0.6 is 11.6 Å². The van der Waals surface area contributed by atoms with Gasteiger partial charge in [0.15, 0.2) is 13.2 Å². The van der Waals surface area contributed by atoms with E-state index in [1.165, 1.54) is 24.4 Å². The van der Waals surface area contributed by atoms with E-state index in [0.29, 0.717) is 16.3 Å². The molecule has 0 fully saturated rings. The average Bonchev–Trinajstić information content (AvgIpc) is 3.09. The van der Waals surface area contributed by atoms with Crippen molar-refractivity contribution in [2.75, 3.05) is 19.8 Å². The summed E-state index contributed by atoms with van der Waals surface area (Å²) >= 11 is 5.64. The second kappa shape index (κ2) is 26.8. The average molecular weight is 684 g/mol. The van der Waals surface area contributed by atoms with E-state index >= 15 is 0 Å². The van der Waals surface area contributed by atoms with Crippen LogP contribution in [0.4, 0.5) is 0 Å². The van der Waals surface area contributed by atoms with E-state index < -0.39 is 31.1 Å². The van der Waals surface area contributed by atoms with Crippen molar-refractivity contribution in [1.82, 2.24) is 0 Å². The minimum Gasteiger partial charge on any atom is -0.481 e. The fraction of sp³-hybridized carbons (Fsp3) is 0.314. The molecule has 0 atom stereocenters. The summed E-state index contributed by atoms with van der Waals surface area (Å²) in [6.07, 6.45) is 2.18. The van der Waals surface area contributed by atoms with Crippen molar-refractivity contribution in [2.45, 2.75) is 54.6 Å². The Kier molecular flexibility index (Phi) is 24.9. The molecule has 0 aliphatic carbocycles. The second-order valence-electron chi connectivity index (χ2n) is 8.65. The first-order chi connectivity index (χ1) is 22.9. The molecule has 13 heteroatoms. The molecule has 0 aliphatic heterocycles. The molecule has 0 saturated heterocycles. The third-order valence-corrected chi connectivity index (χ3v) is 5.51. The number of nitrogens with zero attached hydrogens (tertiary/aromatic N) is 2. The summed E-state index contributed by atoms with van der Waals surface area (Å²) in [7, 11) is 0. The second-order valence-corrected chi connectivity index (χ2v) is 9.08. The molecule has 48 heavy (non-hydrogen) atoms. The number of nitrogens with one attached hydrogen (secondary N) is 1. The van der Waals surface area contributed by atoms with Crippen LogP contribution in [-0.2, 0) is 32.1 Å². The van der Waals surface area contributed by atoms with Gasteiger partial charge in [-0.05, 0) is 72.0 Å². The van der Waals surface area contributed by atoms with E-state index in [1.807, 2.05) is 71.9 Å². The van der Waals surface area contributed by atoms with E-state index in [9.17, 15) is 14.4 Å². The summed E-state index contributed by atoms with van der Waals surface area (Å²) in [5.41, 5.74) is 4.29. The summed E-state index contributed by atoms with van der Waals surface area (Å²) in [6, 6.07) is 19.0. The Hall–Kier alpha value is -5.43. The first-order valence-corrected chi connectivity index (χ1v) is 15.1. The molecule has 3 rings (SSSR count). The van der Waals surface area contributed by atoms with E-state index in [0.717, 1.165) is 28.7 Å². The lowest BCUT2D eigenvalue weighted by Crippen LogP contribution is -2.10. The summed E-state index contributed by atoms with van der Waals surface area (Å²) in [4.78, 5) is 30.7. The van der Waals surface area contributed by atoms with Crippen LogP contribution < -0.4 is 9.47 Å². The largest absolute Gasteiger partial charge is 0.481 e. The van der Waals surface area contributed by atoms with Gasteiger partial charge in [0.25, 0.3) is 0 Å². The lowest BCUT2D eigenvalue weighted by Gasteiger charge is -2.07. The zero-order valence-electron chi connectivity index (χ0n) is 27.9. The van der Waals surface area contributed by atoms with Gasteiger partial charge >= 0.3 is 17.9 Å². The van der Waals surface area contributed by atoms with Crippen molar-refractivity contribution >= 4 is 35.7 Å². The Labute approximate surface area is 286 Å². The fourth-order valence-electron chi connectivity index (χ4n) is 3.23. The van der Waals surface area contributed by atoms with Gasteiger partial charge in [-0.15, -0.1) is 0 Å². The number of aliphatic carboxylic acids is 3. The molecule has 0 unspecified atom stereocenters. The topological polar surface area (TPSA) is 211 Å². The zero-order valence-corrected chi connectivity index (χ0v) is 28.6. The van der Waals surface area contributed by atoms with Gasteiger partial charge in [0.1, 0.15) is 30.2 Å². The van der Waals surface area contributed by atoms with Crippen LogP contribution in [-0.4, -0.2) is 59.3 Å². The van der Waals surface area contributed by atoms with Gasteiger partial charge in [0.2, 0.25) is 0 Å². The predicted octanol–water partition coefficient (Wildman–Crippen LogP) is 6.91. The van der Waals surface area contributed by atoms with E-state index in [-0.39, 0.29) is 24.5 Å². The van der Waals surface area contributed by atoms with Crippen molar-refractivity contribution in [3.05, 3.63) is 93.0 Å². The van der Waals surface area contributed by atoms with Gasteiger partial charge in [-0.2, -0.15) is 10.5 Å². The van der Waals surface area contributed by atoms with Crippen molar-refractivity contribution in [2.24, 2.45) is 0 Å². The van der Waals surface area contributed by atoms with Crippen molar-refractivity contribution < 1.29 is 43.9 Å². The first kappa shape index (κ1) is 44.7. The van der Waals surface area contributed by atoms with Crippen LogP contribution in [0.1, 0.15) is 68.0 Å². The summed E-state index contributed by atoms with van der Waals surface area (Å²) in [5.74, 6) is -2.61. The SMILES string of the molecule is CC.CC.CCc1ccc(COCC(=O)O)c(C=N)c1.Cc1ccc(OCC(=O)O)c(C#N)c1.N#Cc1cc(Cl)ccc1OCC(=O)O. The molecule has 12 nitrogen and oxygen atoms in total.